The monoisotopic (exact) mass is 492 g/mol. The zero-order valence-electron chi connectivity index (χ0n) is 19.5. The van der Waals surface area contributed by atoms with Crippen molar-refractivity contribution in [2.75, 3.05) is 5.32 Å². The van der Waals surface area contributed by atoms with Crippen molar-refractivity contribution in [2.24, 2.45) is 0 Å². The van der Waals surface area contributed by atoms with E-state index in [1.807, 2.05) is 37.3 Å². The van der Waals surface area contributed by atoms with E-state index >= 15 is 0 Å². The molecule has 2 heterocycles. The molecule has 1 N–H and O–H groups in total. The maximum Gasteiger partial charge on any atom is 0.270 e. The van der Waals surface area contributed by atoms with E-state index in [1.54, 1.807) is 22.5 Å². The van der Waals surface area contributed by atoms with Crippen molar-refractivity contribution in [1.29, 1.82) is 5.26 Å². The molecule has 0 bridgehead atoms. The van der Waals surface area contributed by atoms with Crippen LogP contribution in [0.2, 0.25) is 0 Å². The number of nitriles is 1. The number of carbonyl (C=O) groups excluding carboxylic acids is 1. The Morgan fingerprint density at radius 2 is 1.91 bits per heavy atom. The zero-order valence-corrected chi connectivity index (χ0v) is 21.1. The summed E-state index contributed by atoms with van der Waals surface area (Å²) in [4.78, 5) is 28.7. The summed E-state index contributed by atoms with van der Waals surface area (Å²) in [6.07, 6.45) is 7.17. The van der Waals surface area contributed by atoms with Crippen LogP contribution >= 0.6 is 24.0 Å². The van der Waals surface area contributed by atoms with Crippen molar-refractivity contribution in [3.05, 3.63) is 67.8 Å². The van der Waals surface area contributed by atoms with Gasteiger partial charge in [-0.05, 0) is 43.9 Å². The number of thioether (sulfide) groups is 1. The van der Waals surface area contributed by atoms with Gasteiger partial charge < -0.3 is 5.32 Å². The lowest BCUT2D eigenvalue weighted by molar-refractivity contribution is -0.124. The fourth-order valence-electron chi connectivity index (χ4n) is 4.70. The maximum atomic E-state index is 13.4. The largest absolute Gasteiger partial charge is 0.367 e. The molecule has 1 saturated carbocycles. The molecule has 1 saturated heterocycles. The van der Waals surface area contributed by atoms with E-state index in [9.17, 15) is 14.9 Å². The van der Waals surface area contributed by atoms with Gasteiger partial charge in [0.15, 0.2) is 0 Å². The Balaban J connectivity index is 1.77. The van der Waals surface area contributed by atoms with Gasteiger partial charge in [0, 0.05) is 24.7 Å². The number of pyridine rings is 1. The summed E-state index contributed by atoms with van der Waals surface area (Å²) in [5.41, 5.74) is 2.08. The van der Waals surface area contributed by atoms with Crippen molar-refractivity contribution in [1.82, 2.24) is 9.47 Å². The summed E-state index contributed by atoms with van der Waals surface area (Å²) in [7, 11) is 0. The van der Waals surface area contributed by atoms with E-state index in [0.717, 1.165) is 31.2 Å². The van der Waals surface area contributed by atoms with E-state index in [4.69, 9.17) is 12.2 Å². The molecule has 1 aromatic heterocycles. The standard InChI is InChI=1S/C26H28N4O2S2/c1-3-29-23(28-16-18-10-6-4-7-11-18)20(17(2)21(15-27)24(29)31)14-22-25(32)30(26(33)34-22)19-12-8-5-9-13-19/h4,6-7,10-11,14,19,28H,3,5,8-9,12-13,16H2,1-2H3/b22-14+. The quantitative estimate of drug-likeness (QED) is 0.441. The predicted octanol–water partition coefficient (Wildman–Crippen LogP) is 5.19. The molecule has 0 unspecified atom stereocenters. The number of rotatable bonds is 6. The third-order valence-electron chi connectivity index (χ3n) is 6.53. The lowest BCUT2D eigenvalue weighted by atomic mass is 9.94. The minimum absolute atomic E-state index is 0.0805. The average Bonchev–Trinajstić information content (AvgIpc) is 3.13. The van der Waals surface area contributed by atoms with Crippen molar-refractivity contribution in [3.63, 3.8) is 0 Å². The molecular weight excluding hydrogens is 464 g/mol. The highest BCUT2D eigenvalue weighted by atomic mass is 32.2. The Kier molecular flexibility index (Phi) is 7.54. The number of thiocarbonyl (C=S) groups is 1. The van der Waals surface area contributed by atoms with Crippen LogP contribution in [-0.2, 0) is 17.9 Å². The first-order valence-electron chi connectivity index (χ1n) is 11.7. The molecule has 4 rings (SSSR count). The van der Waals surface area contributed by atoms with Crippen LogP contribution < -0.4 is 10.9 Å². The maximum absolute atomic E-state index is 13.4. The van der Waals surface area contributed by atoms with Crippen molar-refractivity contribution in [2.45, 2.75) is 65.1 Å². The first-order valence-corrected chi connectivity index (χ1v) is 12.9. The van der Waals surface area contributed by atoms with Crippen molar-refractivity contribution < 1.29 is 4.79 Å². The van der Waals surface area contributed by atoms with Gasteiger partial charge >= 0.3 is 0 Å². The summed E-state index contributed by atoms with van der Waals surface area (Å²) in [6, 6.07) is 12.1. The topological polar surface area (TPSA) is 78.1 Å². The van der Waals surface area contributed by atoms with Gasteiger partial charge in [-0.2, -0.15) is 5.26 Å². The van der Waals surface area contributed by atoms with Crippen molar-refractivity contribution in [3.8, 4) is 6.07 Å². The second-order valence-electron chi connectivity index (χ2n) is 8.61. The number of benzene rings is 1. The molecule has 34 heavy (non-hydrogen) atoms. The lowest BCUT2D eigenvalue weighted by Crippen LogP contribution is -2.39. The third kappa shape index (κ3) is 4.68. The molecule has 2 aliphatic rings. The molecule has 1 aliphatic heterocycles. The number of nitrogens with one attached hydrogen (secondary N) is 1. The van der Waals surface area contributed by atoms with E-state index in [0.29, 0.717) is 39.3 Å². The smallest absolute Gasteiger partial charge is 0.270 e. The molecule has 0 radical (unpaired) electrons. The van der Waals surface area contributed by atoms with Gasteiger partial charge in [-0.1, -0.05) is 73.6 Å². The third-order valence-corrected chi connectivity index (χ3v) is 7.86. The van der Waals surface area contributed by atoms with E-state index in [2.05, 4.69) is 11.4 Å². The molecule has 6 nitrogen and oxygen atoms in total. The number of anilines is 1. The first-order chi connectivity index (χ1) is 16.5. The second kappa shape index (κ2) is 10.6. The van der Waals surface area contributed by atoms with Gasteiger partial charge in [0.2, 0.25) is 0 Å². The summed E-state index contributed by atoms with van der Waals surface area (Å²) in [5, 5.41) is 13.1. The van der Waals surface area contributed by atoms with Crippen LogP contribution in [0.25, 0.3) is 6.08 Å². The Morgan fingerprint density at radius 1 is 1.21 bits per heavy atom. The Labute approximate surface area is 209 Å². The minimum atomic E-state index is -0.329. The number of hydrogen-bond donors (Lipinski definition) is 1. The molecule has 0 atom stereocenters. The summed E-state index contributed by atoms with van der Waals surface area (Å²) in [6.45, 7) is 4.55. The Morgan fingerprint density at radius 3 is 2.56 bits per heavy atom. The molecule has 1 aromatic carbocycles. The summed E-state index contributed by atoms with van der Waals surface area (Å²) >= 11 is 6.90. The second-order valence-corrected chi connectivity index (χ2v) is 10.3. The normalized spacial score (nSPS) is 17.9. The summed E-state index contributed by atoms with van der Waals surface area (Å²) in [5.74, 6) is 0.527. The van der Waals surface area contributed by atoms with Crippen LogP contribution in [-0.4, -0.2) is 25.7 Å². The van der Waals surface area contributed by atoms with Crippen LogP contribution in [0.3, 0.4) is 0 Å². The van der Waals surface area contributed by atoms with E-state index in [-0.39, 0.29) is 23.1 Å². The minimum Gasteiger partial charge on any atom is -0.367 e. The van der Waals surface area contributed by atoms with Gasteiger partial charge in [-0.15, -0.1) is 0 Å². The number of aromatic nitrogens is 1. The van der Waals surface area contributed by atoms with Crippen LogP contribution in [0, 0.1) is 18.3 Å². The van der Waals surface area contributed by atoms with Crippen LogP contribution in [0.1, 0.15) is 61.3 Å². The average molecular weight is 493 g/mol. The van der Waals surface area contributed by atoms with Gasteiger partial charge in [-0.25, -0.2) is 0 Å². The Bertz CT molecular complexity index is 1240. The van der Waals surface area contributed by atoms with Crippen LogP contribution in [0.4, 0.5) is 5.82 Å². The Hall–Kier alpha value is -2.89. The molecule has 176 valence electrons. The number of hydrogen-bond acceptors (Lipinski definition) is 6. The predicted molar refractivity (Wildman–Crippen MR) is 141 cm³/mol. The fraction of sp³-hybridized carbons (Fsp3) is 0.385. The molecule has 1 aliphatic carbocycles. The van der Waals surface area contributed by atoms with Gasteiger partial charge in [0.25, 0.3) is 11.5 Å². The van der Waals surface area contributed by atoms with Gasteiger partial charge in [-0.3, -0.25) is 19.1 Å². The number of carbonyl (C=O) groups is 1. The highest BCUT2D eigenvalue weighted by Gasteiger charge is 2.37. The lowest BCUT2D eigenvalue weighted by Gasteiger charge is -2.29. The number of nitrogens with zero attached hydrogens (tertiary/aromatic N) is 3. The van der Waals surface area contributed by atoms with E-state index < -0.39 is 0 Å². The van der Waals surface area contributed by atoms with E-state index in [1.165, 1.54) is 18.2 Å². The SMILES string of the molecule is CCn1c(NCc2ccccc2)c(/C=C2/SC(=S)N(C3CCCCC3)C2=O)c(C)c(C#N)c1=O. The first kappa shape index (κ1) is 24.2. The number of amides is 1. The molecule has 0 spiro atoms. The molecule has 1 amide bonds. The van der Waals surface area contributed by atoms with Gasteiger partial charge in [0.1, 0.15) is 21.8 Å². The van der Waals surface area contributed by atoms with Crippen LogP contribution in [0.15, 0.2) is 40.0 Å². The van der Waals surface area contributed by atoms with Crippen LogP contribution in [0.5, 0.6) is 0 Å². The molecule has 8 heteroatoms. The zero-order chi connectivity index (χ0) is 24.2. The molecular formula is C26H28N4O2S2. The molecule has 2 aromatic rings. The van der Waals surface area contributed by atoms with Crippen molar-refractivity contribution >= 4 is 46.1 Å². The molecule has 2 fully saturated rings. The summed E-state index contributed by atoms with van der Waals surface area (Å²) < 4.78 is 2.16. The highest BCUT2D eigenvalue weighted by Crippen LogP contribution is 2.38. The highest BCUT2D eigenvalue weighted by molar-refractivity contribution is 8.26. The van der Waals surface area contributed by atoms with Gasteiger partial charge in [0.05, 0.1) is 4.91 Å². The fourth-order valence-corrected chi connectivity index (χ4v) is 6.08.